The molecule has 8 heteroatoms. The molecule has 0 atom stereocenters. The van der Waals surface area contributed by atoms with E-state index in [1.807, 2.05) is 0 Å². The van der Waals surface area contributed by atoms with E-state index < -0.39 is 11.7 Å². The van der Waals surface area contributed by atoms with Gasteiger partial charge < -0.3 is 15.4 Å². The van der Waals surface area contributed by atoms with E-state index in [9.17, 15) is 14.0 Å². The van der Waals surface area contributed by atoms with E-state index in [0.29, 0.717) is 5.69 Å². The second kappa shape index (κ2) is 8.57. The summed E-state index contributed by atoms with van der Waals surface area (Å²) in [6, 6.07) is 4.35. The third-order valence-corrected chi connectivity index (χ3v) is 4.51. The van der Waals surface area contributed by atoms with Gasteiger partial charge in [-0.3, -0.25) is 9.59 Å². The van der Waals surface area contributed by atoms with Crippen LogP contribution < -0.4 is 15.4 Å². The quantitative estimate of drug-likeness (QED) is 0.753. The number of carbonyl (C=O) groups is 2. The zero-order valence-electron chi connectivity index (χ0n) is 15.0. The lowest BCUT2D eigenvalue weighted by Crippen LogP contribution is -2.36. The molecule has 1 aliphatic carbocycles. The number of nitrogens with zero attached hydrogens (tertiary/aromatic N) is 2. The molecule has 1 heterocycles. The maximum atomic E-state index is 14.1. The molecule has 0 aliphatic heterocycles. The van der Waals surface area contributed by atoms with Crippen molar-refractivity contribution in [3.8, 4) is 5.75 Å². The number of fused-ring (bicyclic) bond motifs is 1. The lowest BCUT2D eigenvalue weighted by Gasteiger charge is -2.17. The molecule has 2 aromatic rings. The van der Waals surface area contributed by atoms with Gasteiger partial charge in [-0.2, -0.15) is 5.10 Å². The van der Waals surface area contributed by atoms with Crippen LogP contribution in [0.25, 0.3) is 0 Å². The first-order valence-electron chi connectivity index (χ1n) is 8.84. The molecule has 0 saturated carbocycles. The van der Waals surface area contributed by atoms with Crippen molar-refractivity contribution in [1.29, 1.82) is 0 Å². The Morgan fingerprint density at radius 2 is 1.89 bits per heavy atom. The zero-order valence-corrected chi connectivity index (χ0v) is 15.0. The SMILES string of the molecule is COc1cccc(C(=O)NCCNC(=O)c2nncc3c2CCCC3)c1F. The third kappa shape index (κ3) is 4.21. The van der Waals surface area contributed by atoms with Crippen LogP contribution in [0, 0.1) is 5.82 Å². The minimum absolute atomic E-state index is 0.00313. The summed E-state index contributed by atoms with van der Waals surface area (Å²) in [5.41, 5.74) is 2.26. The van der Waals surface area contributed by atoms with Gasteiger partial charge in [0, 0.05) is 13.1 Å². The van der Waals surface area contributed by atoms with Crippen molar-refractivity contribution in [2.45, 2.75) is 25.7 Å². The Morgan fingerprint density at radius 3 is 2.67 bits per heavy atom. The minimum Gasteiger partial charge on any atom is -0.494 e. The lowest BCUT2D eigenvalue weighted by molar-refractivity contribution is 0.0921. The van der Waals surface area contributed by atoms with Crippen molar-refractivity contribution >= 4 is 11.8 Å². The molecular weight excluding hydrogens is 351 g/mol. The van der Waals surface area contributed by atoms with E-state index in [1.165, 1.54) is 25.3 Å². The second-order valence-electron chi connectivity index (χ2n) is 6.24. The molecule has 0 bridgehead atoms. The van der Waals surface area contributed by atoms with Gasteiger partial charge in [0.1, 0.15) is 0 Å². The Balaban J connectivity index is 1.53. The summed E-state index contributed by atoms with van der Waals surface area (Å²) in [7, 11) is 1.33. The van der Waals surface area contributed by atoms with E-state index in [2.05, 4.69) is 20.8 Å². The topological polar surface area (TPSA) is 93.2 Å². The molecule has 0 fully saturated rings. The number of rotatable bonds is 6. The number of benzene rings is 1. The molecule has 0 spiro atoms. The zero-order chi connectivity index (χ0) is 19.2. The highest BCUT2D eigenvalue weighted by atomic mass is 19.1. The number of amides is 2. The van der Waals surface area contributed by atoms with Crippen molar-refractivity contribution in [3.63, 3.8) is 0 Å². The van der Waals surface area contributed by atoms with Gasteiger partial charge >= 0.3 is 0 Å². The fraction of sp³-hybridized carbons (Fsp3) is 0.368. The summed E-state index contributed by atoms with van der Waals surface area (Å²) in [5.74, 6) is -1.60. The monoisotopic (exact) mass is 372 g/mol. The van der Waals surface area contributed by atoms with Gasteiger partial charge in [0.25, 0.3) is 11.8 Å². The Kier molecular flexibility index (Phi) is 5.95. The molecule has 2 amide bonds. The smallest absolute Gasteiger partial charge is 0.272 e. The molecular formula is C19H21FN4O3. The average Bonchev–Trinajstić information content (AvgIpc) is 2.70. The highest BCUT2D eigenvalue weighted by Gasteiger charge is 2.20. The largest absolute Gasteiger partial charge is 0.494 e. The van der Waals surface area contributed by atoms with Crippen LogP contribution in [0.1, 0.15) is 44.8 Å². The van der Waals surface area contributed by atoms with Crippen LogP contribution in [0.3, 0.4) is 0 Å². The highest BCUT2D eigenvalue weighted by molar-refractivity contribution is 5.95. The van der Waals surface area contributed by atoms with Gasteiger partial charge in [-0.1, -0.05) is 6.07 Å². The van der Waals surface area contributed by atoms with Gasteiger partial charge in [0.15, 0.2) is 17.3 Å². The molecule has 1 aliphatic rings. The molecule has 0 unspecified atom stereocenters. The van der Waals surface area contributed by atoms with Crippen LogP contribution in [0.15, 0.2) is 24.4 Å². The Labute approximate surface area is 156 Å². The standard InChI is InChI=1S/C19H21FN4O3/c1-27-15-8-4-7-14(16(15)20)18(25)21-9-10-22-19(26)17-13-6-3-2-5-12(13)11-23-24-17/h4,7-8,11H,2-3,5-6,9-10H2,1H3,(H,21,25)(H,22,26). The van der Waals surface area contributed by atoms with Crippen LogP contribution in [0.4, 0.5) is 4.39 Å². The molecule has 0 saturated heterocycles. The normalized spacial score (nSPS) is 12.8. The minimum atomic E-state index is -0.715. The number of ether oxygens (including phenoxy) is 1. The summed E-state index contributed by atoms with van der Waals surface area (Å²) >= 11 is 0. The molecule has 1 aromatic carbocycles. The van der Waals surface area contributed by atoms with Crippen molar-refractivity contribution < 1.29 is 18.7 Å². The average molecular weight is 372 g/mol. The Morgan fingerprint density at radius 1 is 1.15 bits per heavy atom. The summed E-state index contributed by atoms with van der Waals surface area (Å²) in [4.78, 5) is 24.5. The number of methoxy groups -OCH3 is 1. The van der Waals surface area contributed by atoms with E-state index in [4.69, 9.17) is 4.74 Å². The molecule has 3 rings (SSSR count). The van der Waals surface area contributed by atoms with E-state index >= 15 is 0 Å². The number of aryl methyl sites for hydroxylation is 1. The fourth-order valence-electron chi connectivity index (χ4n) is 3.12. The Hall–Kier alpha value is -3.03. The third-order valence-electron chi connectivity index (χ3n) is 4.51. The van der Waals surface area contributed by atoms with Crippen molar-refractivity contribution in [2.75, 3.05) is 20.2 Å². The first-order chi connectivity index (χ1) is 13.1. The number of carbonyl (C=O) groups excluding carboxylic acids is 2. The maximum Gasteiger partial charge on any atom is 0.272 e. The van der Waals surface area contributed by atoms with Crippen LogP contribution in [0.5, 0.6) is 5.75 Å². The number of aromatic nitrogens is 2. The van der Waals surface area contributed by atoms with E-state index in [1.54, 1.807) is 6.20 Å². The summed E-state index contributed by atoms with van der Waals surface area (Å²) < 4.78 is 18.9. The van der Waals surface area contributed by atoms with Crippen molar-refractivity contribution in [2.24, 2.45) is 0 Å². The van der Waals surface area contributed by atoms with Gasteiger partial charge in [-0.25, -0.2) is 4.39 Å². The molecule has 27 heavy (non-hydrogen) atoms. The molecule has 2 N–H and O–H groups in total. The van der Waals surface area contributed by atoms with Crippen LogP contribution in [-0.4, -0.2) is 42.2 Å². The second-order valence-corrected chi connectivity index (χ2v) is 6.24. The van der Waals surface area contributed by atoms with Crippen molar-refractivity contribution in [1.82, 2.24) is 20.8 Å². The van der Waals surface area contributed by atoms with Crippen LogP contribution >= 0.6 is 0 Å². The number of halogens is 1. The molecule has 7 nitrogen and oxygen atoms in total. The number of hydrogen-bond acceptors (Lipinski definition) is 5. The first-order valence-corrected chi connectivity index (χ1v) is 8.84. The van der Waals surface area contributed by atoms with Crippen LogP contribution in [-0.2, 0) is 12.8 Å². The van der Waals surface area contributed by atoms with Gasteiger partial charge in [0.2, 0.25) is 0 Å². The highest BCUT2D eigenvalue weighted by Crippen LogP contribution is 2.22. The van der Waals surface area contributed by atoms with Gasteiger partial charge in [-0.15, -0.1) is 5.10 Å². The molecule has 1 aromatic heterocycles. The lowest BCUT2D eigenvalue weighted by atomic mass is 9.92. The van der Waals surface area contributed by atoms with E-state index in [-0.39, 0.29) is 30.3 Å². The van der Waals surface area contributed by atoms with E-state index in [0.717, 1.165) is 36.8 Å². The molecule has 0 radical (unpaired) electrons. The fourth-order valence-corrected chi connectivity index (χ4v) is 3.12. The summed E-state index contributed by atoms with van der Waals surface area (Å²) in [5, 5.41) is 13.2. The predicted octanol–water partition coefficient (Wildman–Crippen LogP) is 1.66. The maximum absolute atomic E-state index is 14.1. The number of hydrogen-bond donors (Lipinski definition) is 2. The van der Waals surface area contributed by atoms with Gasteiger partial charge in [0.05, 0.1) is 18.9 Å². The Bertz CT molecular complexity index is 857. The van der Waals surface area contributed by atoms with Crippen molar-refractivity contribution in [3.05, 3.63) is 52.6 Å². The van der Waals surface area contributed by atoms with Crippen LogP contribution in [0.2, 0.25) is 0 Å². The summed E-state index contributed by atoms with van der Waals surface area (Å²) in [6.07, 6.45) is 5.56. The summed E-state index contributed by atoms with van der Waals surface area (Å²) in [6.45, 7) is 0.352. The number of nitrogens with one attached hydrogen (secondary N) is 2. The van der Waals surface area contributed by atoms with Gasteiger partial charge in [-0.05, 0) is 48.9 Å². The first kappa shape index (κ1) is 18.8. The molecule has 142 valence electrons. The predicted molar refractivity (Wildman–Crippen MR) is 96.3 cm³/mol.